The van der Waals surface area contributed by atoms with Crippen molar-refractivity contribution in [3.8, 4) is 0 Å². The van der Waals surface area contributed by atoms with Crippen LogP contribution in [0.2, 0.25) is 0 Å². The highest BCUT2D eigenvalue weighted by atomic mass is 32.1. The van der Waals surface area contributed by atoms with E-state index in [1.807, 2.05) is 43.3 Å². The highest BCUT2D eigenvalue weighted by Gasteiger charge is 2.42. The molecule has 3 heterocycles. The van der Waals surface area contributed by atoms with E-state index in [-0.39, 0.29) is 6.54 Å². The number of nitrogens with one attached hydrogen (secondary N) is 1. The van der Waals surface area contributed by atoms with Crippen LogP contribution in [0.4, 0.5) is 0 Å². The molecule has 5 rings (SSSR count). The summed E-state index contributed by atoms with van der Waals surface area (Å²) in [6.45, 7) is 5.69. The van der Waals surface area contributed by atoms with Crippen molar-refractivity contribution < 1.29 is 28.7 Å². The van der Waals surface area contributed by atoms with Crippen LogP contribution in [0.1, 0.15) is 58.4 Å². The van der Waals surface area contributed by atoms with Gasteiger partial charge in [-0.15, -0.1) is 11.3 Å². The molecule has 2 aromatic heterocycles. The summed E-state index contributed by atoms with van der Waals surface area (Å²) in [6.07, 6.45) is 2.95. The van der Waals surface area contributed by atoms with Gasteiger partial charge >= 0.3 is 11.9 Å². The van der Waals surface area contributed by atoms with E-state index in [0.29, 0.717) is 19.6 Å². The zero-order valence-corrected chi connectivity index (χ0v) is 24.0. The summed E-state index contributed by atoms with van der Waals surface area (Å²) >= 11 is 1.54. The summed E-state index contributed by atoms with van der Waals surface area (Å²) in [5.74, 6) is -1.91. The van der Waals surface area contributed by atoms with E-state index in [1.54, 1.807) is 11.3 Å². The fourth-order valence-corrected chi connectivity index (χ4v) is 6.13. The quantitative estimate of drug-likeness (QED) is 0.388. The van der Waals surface area contributed by atoms with Gasteiger partial charge in [0, 0.05) is 36.7 Å². The number of ether oxygens (including phenoxy) is 2. The van der Waals surface area contributed by atoms with Crippen LogP contribution >= 0.6 is 11.3 Å². The minimum atomic E-state index is -1.64. The molecule has 41 heavy (non-hydrogen) atoms. The number of benzene rings is 1. The van der Waals surface area contributed by atoms with Crippen molar-refractivity contribution in [2.45, 2.75) is 72.0 Å². The van der Waals surface area contributed by atoms with Gasteiger partial charge in [-0.3, -0.25) is 19.2 Å². The van der Waals surface area contributed by atoms with Crippen LogP contribution in [0, 0.1) is 6.92 Å². The number of aromatic nitrogens is 2. The molecule has 0 radical (unpaired) electrons. The van der Waals surface area contributed by atoms with E-state index in [1.165, 1.54) is 4.90 Å². The maximum absolute atomic E-state index is 13.5. The third kappa shape index (κ3) is 6.40. The number of amides is 2. The summed E-state index contributed by atoms with van der Waals surface area (Å²) in [4.78, 5) is 58.9. The Morgan fingerprint density at radius 1 is 0.976 bits per heavy atom. The summed E-state index contributed by atoms with van der Waals surface area (Å²) in [5, 5.41) is 2.76. The van der Waals surface area contributed by atoms with Gasteiger partial charge in [-0.05, 0) is 49.1 Å². The lowest BCUT2D eigenvalue weighted by molar-refractivity contribution is -0.178. The number of aryl methyl sites for hydroxylation is 2. The molecule has 0 saturated heterocycles. The number of carbonyl (C=O) groups is 4. The van der Waals surface area contributed by atoms with Crippen LogP contribution in [0.25, 0.3) is 6.08 Å². The van der Waals surface area contributed by atoms with Crippen LogP contribution in [-0.4, -0.2) is 50.4 Å². The molecule has 11 heteroatoms. The first-order valence-corrected chi connectivity index (χ1v) is 14.3. The molecular formula is C30H32N4O6S. The van der Waals surface area contributed by atoms with E-state index < -0.39 is 36.0 Å². The van der Waals surface area contributed by atoms with Gasteiger partial charge in [-0.1, -0.05) is 30.3 Å². The SMILES string of the molecule is CC(=O)O[C@@H](C(=O)NCc1ccc(Cn2c(C)nc3c2C=CCC3)s1)[C@@H](OC(C)=O)C(=O)N1Cc2ccccc2C1. The van der Waals surface area contributed by atoms with Crippen molar-refractivity contribution in [3.63, 3.8) is 0 Å². The number of hydrogen-bond acceptors (Lipinski definition) is 8. The molecule has 1 aliphatic heterocycles. The fourth-order valence-electron chi connectivity index (χ4n) is 5.18. The van der Waals surface area contributed by atoms with E-state index in [9.17, 15) is 19.2 Å². The normalized spacial score (nSPS) is 15.0. The number of imidazole rings is 1. The summed E-state index contributed by atoms with van der Waals surface area (Å²) < 4.78 is 12.8. The Hall–Kier alpha value is -4.25. The van der Waals surface area contributed by atoms with Crippen molar-refractivity contribution in [1.82, 2.24) is 19.8 Å². The largest absolute Gasteiger partial charge is 0.448 e. The lowest BCUT2D eigenvalue weighted by Gasteiger charge is -2.28. The van der Waals surface area contributed by atoms with Crippen molar-refractivity contribution >= 4 is 41.2 Å². The number of hydrogen-bond donors (Lipinski definition) is 1. The Labute approximate surface area is 242 Å². The molecule has 0 saturated carbocycles. The first kappa shape index (κ1) is 28.3. The van der Waals surface area contributed by atoms with Crippen molar-refractivity contribution in [1.29, 1.82) is 0 Å². The molecular weight excluding hydrogens is 544 g/mol. The molecule has 2 atom stereocenters. The summed E-state index contributed by atoms with van der Waals surface area (Å²) in [7, 11) is 0. The predicted octanol–water partition coefficient (Wildman–Crippen LogP) is 3.28. The average Bonchev–Trinajstić information content (AvgIpc) is 3.66. The average molecular weight is 577 g/mol. The van der Waals surface area contributed by atoms with Crippen LogP contribution < -0.4 is 5.32 Å². The molecule has 3 aromatic rings. The lowest BCUT2D eigenvalue weighted by atomic mass is 10.1. The molecule has 2 amide bonds. The number of nitrogens with zero attached hydrogens (tertiary/aromatic N) is 3. The van der Waals surface area contributed by atoms with Gasteiger partial charge in [-0.2, -0.15) is 0 Å². The minimum absolute atomic E-state index is 0.151. The Kier molecular flexibility index (Phi) is 8.34. The Bertz CT molecular complexity index is 1500. The van der Waals surface area contributed by atoms with E-state index in [2.05, 4.69) is 22.0 Å². The molecule has 1 N–H and O–H groups in total. The Balaban J connectivity index is 1.27. The molecule has 214 valence electrons. The van der Waals surface area contributed by atoms with Gasteiger partial charge in [0.05, 0.1) is 24.5 Å². The van der Waals surface area contributed by atoms with Crippen molar-refractivity contribution in [2.24, 2.45) is 0 Å². The number of carbonyl (C=O) groups excluding carboxylic acids is 4. The molecule has 0 fully saturated rings. The highest BCUT2D eigenvalue weighted by Crippen LogP contribution is 2.26. The third-order valence-electron chi connectivity index (χ3n) is 7.08. The highest BCUT2D eigenvalue weighted by molar-refractivity contribution is 7.11. The zero-order valence-electron chi connectivity index (χ0n) is 23.2. The Morgan fingerprint density at radius 3 is 2.32 bits per heavy atom. The second-order valence-corrected chi connectivity index (χ2v) is 11.4. The van der Waals surface area contributed by atoms with Gasteiger partial charge in [0.25, 0.3) is 11.8 Å². The fraction of sp³-hybridized carbons (Fsp3) is 0.367. The zero-order chi connectivity index (χ0) is 29.1. The van der Waals surface area contributed by atoms with Crippen LogP contribution in [0.5, 0.6) is 0 Å². The van der Waals surface area contributed by atoms with Crippen LogP contribution in [0.15, 0.2) is 42.5 Å². The molecule has 2 aliphatic rings. The number of allylic oxidation sites excluding steroid dienone is 1. The third-order valence-corrected chi connectivity index (χ3v) is 8.15. The maximum atomic E-state index is 13.5. The van der Waals surface area contributed by atoms with Crippen molar-refractivity contribution in [3.05, 3.63) is 80.6 Å². The number of fused-ring (bicyclic) bond motifs is 2. The topological polar surface area (TPSA) is 120 Å². The summed E-state index contributed by atoms with van der Waals surface area (Å²) in [6, 6.07) is 11.5. The van der Waals surface area contributed by atoms with Gasteiger partial charge in [0.15, 0.2) is 0 Å². The van der Waals surface area contributed by atoms with Crippen LogP contribution in [-0.2, 0) is 61.3 Å². The smallest absolute Gasteiger partial charge is 0.303 e. The molecule has 1 aliphatic carbocycles. The van der Waals surface area contributed by atoms with Gasteiger partial charge in [-0.25, -0.2) is 4.98 Å². The van der Waals surface area contributed by atoms with E-state index in [4.69, 9.17) is 14.5 Å². The second-order valence-electron chi connectivity index (χ2n) is 10.1. The maximum Gasteiger partial charge on any atom is 0.303 e. The van der Waals surface area contributed by atoms with Crippen molar-refractivity contribution in [2.75, 3.05) is 0 Å². The molecule has 10 nitrogen and oxygen atoms in total. The molecule has 0 unspecified atom stereocenters. The van der Waals surface area contributed by atoms with E-state index in [0.717, 1.165) is 64.8 Å². The Morgan fingerprint density at radius 2 is 1.63 bits per heavy atom. The lowest BCUT2D eigenvalue weighted by Crippen LogP contribution is -2.53. The van der Waals surface area contributed by atoms with Crippen LogP contribution in [0.3, 0.4) is 0 Å². The predicted molar refractivity (Wildman–Crippen MR) is 151 cm³/mol. The molecule has 0 spiro atoms. The second kappa shape index (κ2) is 12.1. The summed E-state index contributed by atoms with van der Waals surface area (Å²) in [5.41, 5.74) is 4.17. The van der Waals surface area contributed by atoms with Gasteiger partial charge < -0.3 is 24.3 Å². The monoisotopic (exact) mass is 576 g/mol. The standard InChI is InChI=1S/C30H32N4O6S/c1-18-32-25-10-6-7-11-26(25)34(18)17-24-13-12-23(41-24)14-31-29(37)27(39-19(2)35)28(40-20(3)36)30(38)33-15-21-8-4-5-9-22(21)16-33/h4-5,7-9,11-13,27-28H,6,10,14-17H2,1-3H3,(H,31,37)/t27-,28-/m1/s1. The van der Waals surface area contributed by atoms with Gasteiger partial charge in [0.1, 0.15) is 5.82 Å². The van der Waals surface area contributed by atoms with Gasteiger partial charge in [0.2, 0.25) is 12.2 Å². The first-order valence-electron chi connectivity index (χ1n) is 13.5. The first-order chi connectivity index (χ1) is 19.7. The molecule has 1 aromatic carbocycles. The molecule has 0 bridgehead atoms. The number of esters is 2. The minimum Gasteiger partial charge on any atom is -0.448 e. The number of rotatable bonds is 9. The van der Waals surface area contributed by atoms with E-state index >= 15 is 0 Å². The number of thiophene rings is 1.